The van der Waals surface area contributed by atoms with E-state index in [1.54, 1.807) is 12.3 Å². The Balaban J connectivity index is 1.90. The number of aromatic nitrogens is 2. The second-order valence-corrected chi connectivity index (χ2v) is 5.15. The van der Waals surface area contributed by atoms with Gasteiger partial charge in [0.2, 0.25) is 0 Å². The third-order valence-electron chi connectivity index (χ3n) is 2.93. The largest absolute Gasteiger partial charge is 0.322 e. The number of hydrogen-bond acceptors (Lipinski definition) is 3. The van der Waals surface area contributed by atoms with E-state index >= 15 is 0 Å². The molecule has 0 unspecified atom stereocenters. The minimum Gasteiger partial charge on any atom is -0.322 e. The van der Waals surface area contributed by atoms with E-state index in [2.05, 4.69) is 15.3 Å². The van der Waals surface area contributed by atoms with Crippen LogP contribution in [-0.4, -0.2) is 15.9 Å². The minimum absolute atomic E-state index is 0.215. The van der Waals surface area contributed by atoms with Gasteiger partial charge in [-0.15, -0.1) is 0 Å². The molecule has 104 valence electrons. The van der Waals surface area contributed by atoms with Crippen molar-refractivity contribution in [1.82, 2.24) is 9.97 Å². The highest BCUT2D eigenvalue weighted by Gasteiger charge is 2.12. The third kappa shape index (κ3) is 2.96. The maximum Gasteiger partial charge on any atom is 0.257 e. The Hall–Kier alpha value is -2.17. The van der Waals surface area contributed by atoms with Gasteiger partial charge in [-0.2, -0.15) is 0 Å². The van der Waals surface area contributed by atoms with Crippen LogP contribution in [0.5, 0.6) is 0 Å². The predicted octanol–water partition coefficient (Wildman–Crippen LogP) is 4.19. The Morgan fingerprint density at radius 3 is 2.81 bits per heavy atom. The standard InChI is InChI=1S/C15H9Cl2N3O/c16-12-8-19-14(17)7-11(12)15(21)20-10-3-4-13-9(6-10)2-1-5-18-13/h1-8H,(H,20,21). The van der Waals surface area contributed by atoms with Crippen LogP contribution in [0.1, 0.15) is 10.4 Å². The van der Waals surface area contributed by atoms with Gasteiger partial charge in [-0.3, -0.25) is 9.78 Å². The Kier molecular flexibility index (Phi) is 3.73. The molecule has 1 aromatic carbocycles. The Bertz CT molecular complexity index is 836. The molecule has 0 saturated carbocycles. The lowest BCUT2D eigenvalue weighted by Crippen LogP contribution is -2.12. The number of halogens is 2. The number of carbonyl (C=O) groups is 1. The first-order valence-electron chi connectivity index (χ1n) is 6.11. The van der Waals surface area contributed by atoms with Crippen molar-refractivity contribution in [2.24, 2.45) is 0 Å². The van der Waals surface area contributed by atoms with Gasteiger partial charge in [-0.25, -0.2) is 4.98 Å². The van der Waals surface area contributed by atoms with Gasteiger partial charge in [-0.1, -0.05) is 29.3 Å². The fourth-order valence-corrected chi connectivity index (χ4v) is 2.29. The summed E-state index contributed by atoms with van der Waals surface area (Å²) in [6.45, 7) is 0. The van der Waals surface area contributed by atoms with Gasteiger partial charge in [0.15, 0.2) is 0 Å². The minimum atomic E-state index is -0.340. The van der Waals surface area contributed by atoms with Crippen LogP contribution >= 0.6 is 23.2 Å². The molecular weight excluding hydrogens is 309 g/mol. The first kappa shape index (κ1) is 13.8. The highest BCUT2D eigenvalue weighted by Crippen LogP contribution is 2.21. The summed E-state index contributed by atoms with van der Waals surface area (Å²) >= 11 is 11.7. The molecule has 0 aliphatic rings. The van der Waals surface area contributed by atoms with E-state index in [-0.39, 0.29) is 21.6 Å². The topological polar surface area (TPSA) is 54.9 Å². The summed E-state index contributed by atoms with van der Waals surface area (Å²) < 4.78 is 0. The lowest BCUT2D eigenvalue weighted by Gasteiger charge is -2.07. The molecule has 3 rings (SSSR count). The lowest BCUT2D eigenvalue weighted by atomic mass is 10.2. The number of anilines is 1. The molecule has 6 heteroatoms. The number of carbonyl (C=O) groups excluding carboxylic acids is 1. The van der Waals surface area contributed by atoms with E-state index in [0.29, 0.717) is 5.69 Å². The van der Waals surface area contributed by atoms with Gasteiger partial charge in [0.25, 0.3) is 5.91 Å². The molecule has 0 bridgehead atoms. The zero-order valence-corrected chi connectivity index (χ0v) is 12.2. The van der Waals surface area contributed by atoms with Crippen LogP contribution in [0.25, 0.3) is 10.9 Å². The molecule has 0 aliphatic carbocycles. The van der Waals surface area contributed by atoms with Crippen molar-refractivity contribution in [3.63, 3.8) is 0 Å². The van der Waals surface area contributed by atoms with E-state index in [1.165, 1.54) is 12.3 Å². The second kappa shape index (κ2) is 5.68. The average Bonchev–Trinajstić information content (AvgIpc) is 2.49. The van der Waals surface area contributed by atoms with Crippen molar-refractivity contribution in [2.75, 3.05) is 5.32 Å². The highest BCUT2D eigenvalue weighted by molar-refractivity contribution is 6.35. The summed E-state index contributed by atoms with van der Waals surface area (Å²) in [7, 11) is 0. The summed E-state index contributed by atoms with van der Waals surface area (Å²) in [5.74, 6) is -0.340. The summed E-state index contributed by atoms with van der Waals surface area (Å²) in [6.07, 6.45) is 3.07. The molecule has 1 N–H and O–H groups in total. The first-order chi connectivity index (χ1) is 10.1. The Morgan fingerprint density at radius 1 is 1.10 bits per heavy atom. The molecular formula is C15H9Cl2N3O. The van der Waals surface area contributed by atoms with E-state index in [9.17, 15) is 4.79 Å². The molecule has 0 aliphatic heterocycles. The molecule has 4 nitrogen and oxygen atoms in total. The fraction of sp³-hybridized carbons (Fsp3) is 0. The maximum absolute atomic E-state index is 12.2. The molecule has 0 radical (unpaired) electrons. The van der Waals surface area contributed by atoms with Crippen LogP contribution in [0.2, 0.25) is 10.2 Å². The molecule has 2 heterocycles. The van der Waals surface area contributed by atoms with Crippen LogP contribution in [0, 0.1) is 0 Å². The quantitative estimate of drug-likeness (QED) is 0.721. The molecule has 0 spiro atoms. The number of pyridine rings is 2. The van der Waals surface area contributed by atoms with E-state index in [1.807, 2.05) is 24.3 Å². The third-order valence-corrected chi connectivity index (χ3v) is 3.44. The number of hydrogen-bond donors (Lipinski definition) is 1. The molecule has 3 aromatic rings. The van der Waals surface area contributed by atoms with Gasteiger partial charge in [0.1, 0.15) is 5.15 Å². The fourth-order valence-electron chi connectivity index (χ4n) is 1.94. The Morgan fingerprint density at radius 2 is 1.95 bits per heavy atom. The number of rotatable bonds is 2. The molecule has 2 aromatic heterocycles. The van der Waals surface area contributed by atoms with E-state index in [0.717, 1.165) is 10.9 Å². The molecule has 0 saturated heterocycles. The average molecular weight is 318 g/mol. The van der Waals surface area contributed by atoms with E-state index < -0.39 is 0 Å². The second-order valence-electron chi connectivity index (χ2n) is 4.35. The SMILES string of the molecule is O=C(Nc1ccc2ncccc2c1)c1cc(Cl)ncc1Cl. The summed E-state index contributed by atoms with van der Waals surface area (Å²) in [4.78, 5) is 20.3. The molecule has 1 amide bonds. The van der Waals surface area contributed by atoms with Crippen molar-refractivity contribution in [1.29, 1.82) is 0 Å². The molecule has 0 fully saturated rings. The van der Waals surface area contributed by atoms with Gasteiger partial charge < -0.3 is 5.32 Å². The zero-order chi connectivity index (χ0) is 14.8. The molecule has 0 atom stereocenters. The van der Waals surface area contributed by atoms with Gasteiger partial charge in [0, 0.05) is 23.5 Å². The number of nitrogens with zero attached hydrogens (tertiary/aromatic N) is 2. The van der Waals surface area contributed by atoms with Gasteiger partial charge >= 0.3 is 0 Å². The number of nitrogens with one attached hydrogen (secondary N) is 1. The summed E-state index contributed by atoms with van der Waals surface area (Å²) in [5, 5.41) is 4.18. The van der Waals surface area contributed by atoms with Crippen LogP contribution in [-0.2, 0) is 0 Å². The van der Waals surface area contributed by atoms with Crippen LogP contribution in [0.4, 0.5) is 5.69 Å². The van der Waals surface area contributed by atoms with Gasteiger partial charge in [-0.05, 0) is 30.3 Å². The van der Waals surface area contributed by atoms with Gasteiger partial charge in [0.05, 0.1) is 16.1 Å². The van der Waals surface area contributed by atoms with Crippen LogP contribution in [0.15, 0.2) is 48.8 Å². The van der Waals surface area contributed by atoms with Crippen molar-refractivity contribution < 1.29 is 4.79 Å². The predicted molar refractivity (Wildman–Crippen MR) is 84.0 cm³/mol. The smallest absolute Gasteiger partial charge is 0.257 e. The number of amides is 1. The van der Waals surface area contributed by atoms with Crippen molar-refractivity contribution in [2.45, 2.75) is 0 Å². The normalized spacial score (nSPS) is 10.6. The molecule has 21 heavy (non-hydrogen) atoms. The first-order valence-corrected chi connectivity index (χ1v) is 6.86. The number of fused-ring (bicyclic) bond motifs is 1. The zero-order valence-electron chi connectivity index (χ0n) is 10.7. The van der Waals surface area contributed by atoms with Crippen molar-refractivity contribution in [3.8, 4) is 0 Å². The van der Waals surface area contributed by atoms with Crippen LogP contribution in [0.3, 0.4) is 0 Å². The van der Waals surface area contributed by atoms with Crippen LogP contribution < -0.4 is 5.32 Å². The highest BCUT2D eigenvalue weighted by atomic mass is 35.5. The van der Waals surface area contributed by atoms with E-state index in [4.69, 9.17) is 23.2 Å². The van der Waals surface area contributed by atoms with Crippen molar-refractivity contribution >= 4 is 45.7 Å². The lowest BCUT2D eigenvalue weighted by molar-refractivity contribution is 0.102. The summed E-state index contributed by atoms with van der Waals surface area (Å²) in [6, 6.07) is 10.7. The summed E-state index contributed by atoms with van der Waals surface area (Å²) in [5.41, 5.74) is 1.80. The number of benzene rings is 1. The maximum atomic E-state index is 12.2. The van der Waals surface area contributed by atoms with Crippen molar-refractivity contribution in [3.05, 3.63) is 64.5 Å². The Labute approximate surface area is 130 Å². The monoisotopic (exact) mass is 317 g/mol.